The molecule has 17 heavy (non-hydrogen) atoms. The van der Waals surface area contributed by atoms with E-state index in [1.54, 1.807) is 0 Å². The predicted octanol–water partition coefficient (Wildman–Crippen LogP) is 1.45. The molecular formula is C11H20N2O2S2. The number of hydrogen-bond donors (Lipinski definition) is 2. The lowest BCUT2D eigenvalue weighted by Crippen LogP contribution is -2.56. The molecule has 3 N–H and O–H groups in total. The van der Waals surface area contributed by atoms with Crippen molar-refractivity contribution in [2.75, 3.05) is 0 Å². The quantitative estimate of drug-likeness (QED) is 0.762. The van der Waals surface area contributed by atoms with E-state index in [0.29, 0.717) is 4.99 Å². The van der Waals surface area contributed by atoms with Crippen molar-refractivity contribution in [3.63, 3.8) is 0 Å². The molecule has 0 aromatic carbocycles. The highest BCUT2D eigenvalue weighted by atomic mass is 32.2. The van der Waals surface area contributed by atoms with Crippen LogP contribution in [0.15, 0.2) is 0 Å². The van der Waals surface area contributed by atoms with Crippen LogP contribution in [0.3, 0.4) is 0 Å². The molecule has 0 radical (unpaired) electrons. The molecule has 2 fully saturated rings. The molecule has 4 nitrogen and oxygen atoms in total. The van der Waals surface area contributed by atoms with Gasteiger partial charge in [0.2, 0.25) is 10.0 Å². The zero-order valence-electron chi connectivity index (χ0n) is 9.94. The molecule has 2 aliphatic carbocycles. The molecule has 0 aliphatic heterocycles. The maximum Gasteiger partial charge on any atom is 0.215 e. The third-order valence-corrected chi connectivity index (χ3v) is 6.42. The third kappa shape index (κ3) is 2.63. The van der Waals surface area contributed by atoms with E-state index in [4.69, 9.17) is 18.0 Å². The number of nitrogens with one attached hydrogen (secondary N) is 1. The molecule has 0 bridgehead atoms. The zero-order chi connectivity index (χ0) is 12.5. The highest BCUT2D eigenvalue weighted by molar-refractivity contribution is 7.90. The molecule has 2 rings (SSSR count). The van der Waals surface area contributed by atoms with Gasteiger partial charge in [0.25, 0.3) is 0 Å². The first-order valence-corrected chi connectivity index (χ1v) is 8.24. The number of thiocarbonyl (C=S) groups is 1. The molecule has 0 heterocycles. The molecule has 0 unspecified atom stereocenters. The zero-order valence-corrected chi connectivity index (χ0v) is 11.6. The van der Waals surface area contributed by atoms with Gasteiger partial charge in [-0.1, -0.05) is 37.9 Å². The van der Waals surface area contributed by atoms with Crippen molar-refractivity contribution in [2.45, 2.75) is 62.2 Å². The van der Waals surface area contributed by atoms with E-state index < -0.39 is 15.6 Å². The molecule has 98 valence electrons. The van der Waals surface area contributed by atoms with Crippen molar-refractivity contribution in [1.29, 1.82) is 0 Å². The van der Waals surface area contributed by atoms with Crippen LogP contribution in [0.1, 0.15) is 51.4 Å². The highest BCUT2D eigenvalue weighted by Gasteiger charge is 2.42. The second-order valence-electron chi connectivity index (χ2n) is 5.21. The highest BCUT2D eigenvalue weighted by Crippen LogP contribution is 2.33. The average molecular weight is 276 g/mol. The van der Waals surface area contributed by atoms with Crippen molar-refractivity contribution >= 4 is 27.2 Å². The van der Waals surface area contributed by atoms with Crippen molar-refractivity contribution in [2.24, 2.45) is 5.73 Å². The maximum atomic E-state index is 12.3. The van der Waals surface area contributed by atoms with Gasteiger partial charge in [-0.3, -0.25) is 0 Å². The summed E-state index contributed by atoms with van der Waals surface area (Å²) in [4.78, 5) is 0.302. The van der Waals surface area contributed by atoms with Crippen LogP contribution in [0.5, 0.6) is 0 Å². The molecule has 0 spiro atoms. The lowest BCUT2D eigenvalue weighted by atomic mass is 10.00. The van der Waals surface area contributed by atoms with Gasteiger partial charge in [0, 0.05) is 0 Å². The van der Waals surface area contributed by atoms with Gasteiger partial charge in [0.15, 0.2) is 0 Å². The summed E-state index contributed by atoms with van der Waals surface area (Å²) < 4.78 is 27.4. The van der Waals surface area contributed by atoms with E-state index in [0.717, 1.165) is 51.4 Å². The van der Waals surface area contributed by atoms with E-state index in [9.17, 15) is 8.42 Å². The van der Waals surface area contributed by atoms with Crippen LogP contribution < -0.4 is 10.5 Å². The van der Waals surface area contributed by atoms with E-state index >= 15 is 0 Å². The Morgan fingerprint density at radius 3 is 2.18 bits per heavy atom. The van der Waals surface area contributed by atoms with Gasteiger partial charge in [-0.05, 0) is 25.7 Å². The molecule has 0 aromatic rings. The minimum absolute atomic E-state index is 0.241. The molecule has 0 amide bonds. The topological polar surface area (TPSA) is 72.2 Å². The first-order valence-electron chi connectivity index (χ1n) is 6.29. The van der Waals surface area contributed by atoms with Crippen molar-refractivity contribution in [3.8, 4) is 0 Å². The second-order valence-corrected chi connectivity index (χ2v) is 7.61. The van der Waals surface area contributed by atoms with Gasteiger partial charge in [-0.15, -0.1) is 0 Å². The van der Waals surface area contributed by atoms with Crippen LogP contribution in [0, 0.1) is 0 Å². The molecule has 0 aromatic heterocycles. The Balaban J connectivity index is 2.15. The Bertz CT molecular complexity index is 394. The van der Waals surface area contributed by atoms with Gasteiger partial charge < -0.3 is 5.73 Å². The van der Waals surface area contributed by atoms with Gasteiger partial charge in [-0.25, -0.2) is 13.1 Å². The number of hydrogen-bond acceptors (Lipinski definition) is 3. The lowest BCUT2D eigenvalue weighted by molar-refractivity contribution is 0.494. The SMILES string of the molecule is NC(=S)C1(NS(=O)(=O)C2CCCC2)CCCC1. The maximum absolute atomic E-state index is 12.3. The molecule has 6 heteroatoms. The standard InChI is InChI=1S/C11H20N2O2S2/c12-10(16)11(7-3-4-8-11)13-17(14,15)9-5-1-2-6-9/h9,13H,1-8H2,(H2,12,16). The summed E-state index contributed by atoms with van der Waals surface area (Å²) in [6.07, 6.45) is 7.01. The smallest absolute Gasteiger partial charge is 0.215 e. The summed E-state index contributed by atoms with van der Waals surface area (Å²) in [7, 11) is -3.26. The van der Waals surface area contributed by atoms with E-state index in [1.165, 1.54) is 0 Å². The summed E-state index contributed by atoms with van der Waals surface area (Å²) in [6.45, 7) is 0. The van der Waals surface area contributed by atoms with Crippen LogP contribution in [-0.2, 0) is 10.0 Å². The van der Waals surface area contributed by atoms with Crippen LogP contribution in [0.4, 0.5) is 0 Å². The third-order valence-electron chi connectivity index (χ3n) is 4.01. The molecular weight excluding hydrogens is 256 g/mol. The van der Waals surface area contributed by atoms with Gasteiger partial charge >= 0.3 is 0 Å². The molecule has 2 saturated carbocycles. The fourth-order valence-corrected chi connectivity index (χ4v) is 5.23. The molecule has 2 aliphatic rings. The number of nitrogens with two attached hydrogens (primary N) is 1. The number of sulfonamides is 1. The fourth-order valence-electron chi connectivity index (χ4n) is 2.93. The monoisotopic (exact) mass is 276 g/mol. The summed E-state index contributed by atoms with van der Waals surface area (Å²) in [6, 6.07) is 0. The number of rotatable bonds is 4. The van der Waals surface area contributed by atoms with E-state index in [2.05, 4.69) is 4.72 Å². The minimum atomic E-state index is -3.26. The molecule has 0 atom stereocenters. The Labute approximate surface area is 108 Å². The first kappa shape index (κ1) is 13.2. The Kier molecular flexibility index (Phi) is 3.75. The lowest BCUT2D eigenvalue weighted by Gasteiger charge is -2.30. The van der Waals surface area contributed by atoms with Crippen molar-refractivity contribution < 1.29 is 8.42 Å². The van der Waals surface area contributed by atoms with E-state index in [-0.39, 0.29) is 5.25 Å². The van der Waals surface area contributed by atoms with Crippen LogP contribution >= 0.6 is 12.2 Å². The Morgan fingerprint density at radius 2 is 1.71 bits per heavy atom. The van der Waals surface area contributed by atoms with Crippen LogP contribution in [0.2, 0.25) is 0 Å². The van der Waals surface area contributed by atoms with Crippen LogP contribution in [-0.4, -0.2) is 24.2 Å². The predicted molar refractivity (Wildman–Crippen MR) is 72.3 cm³/mol. The summed E-state index contributed by atoms with van der Waals surface area (Å²) >= 11 is 5.06. The average Bonchev–Trinajstić information content (AvgIpc) is 2.86. The van der Waals surface area contributed by atoms with Crippen LogP contribution in [0.25, 0.3) is 0 Å². The molecule has 0 saturated heterocycles. The van der Waals surface area contributed by atoms with Crippen molar-refractivity contribution in [1.82, 2.24) is 4.72 Å². The van der Waals surface area contributed by atoms with Gasteiger partial charge in [0.05, 0.1) is 15.8 Å². The second kappa shape index (κ2) is 4.82. The largest absolute Gasteiger partial charge is 0.392 e. The van der Waals surface area contributed by atoms with E-state index in [1.807, 2.05) is 0 Å². The Morgan fingerprint density at radius 1 is 1.18 bits per heavy atom. The van der Waals surface area contributed by atoms with Crippen molar-refractivity contribution in [3.05, 3.63) is 0 Å². The summed E-state index contributed by atoms with van der Waals surface area (Å²) in [5, 5.41) is -0.241. The summed E-state index contributed by atoms with van der Waals surface area (Å²) in [5.41, 5.74) is 5.10. The Hall–Kier alpha value is -0.200. The fraction of sp³-hybridized carbons (Fsp3) is 0.909. The van der Waals surface area contributed by atoms with Gasteiger partial charge in [-0.2, -0.15) is 0 Å². The van der Waals surface area contributed by atoms with Gasteiger partial charge in [0.1, 0.15) is 0 Å². The minimum Gasteiger partial charge on any atom is -0.392 e. The normalized spacial score (nSPS) is 25.2. The first-order chi connectivity index (χ1) is 7.96. The summed E-state index contributed by atoms with van der Waals surface area (Å²) in [5.74, 6) is 0.